The predicted octanol–water partition coefficient (Wildman–Crippen LogP) is 10.2. The number of likely N-dealkylation sites (tertiary alicyclic amines) is 1. The lowest BCUT2D eigenvalue weighted by Crippen LogP contribution is -2.38. The van der Waals surface area contributed by atoms with Crippen LogP contribution in [-0.4, -0.2) is 106 Å². The van der Waals surface area contributed by atoms with E-state index < -0.39 is 35.2 Å². The lowest BCUT2D eigenvalue weighted by molar-refractivity contribution is 0.252. The summed E-state index contributed by atoms with van der Waals surface area (Å²) in [5, 5.41) is 6.10. The van der Waals surface area contributed by atoms with Gasteiger partial charge in [0.25, 0.3) is 0 Å². The monoisotopic (exact) mass is 1020 g/mol. The maximum atomic E-state index is 14.9. The SMILES string of the molecule is CC(C)N1CCOc2c(F)cc(-c3nc(Cc4ccc(C5CCN(C)CC5)c(F)n4)ncc3F)cc21.CC(C)N1CCOc2c(F)cc(-c3nc(Nc4ccc(C5CCNCC5)c(F)n4)ncc3F)cc21.Cl. The van der Waals surface area contributed by atoms with Gasteiger partial charge in [-0.2, -0.15) is 8.78 Å². The van der Waals surface area contributed by atoms with Crippen molar-refractivity contribution in [3.8, 4) is 34.0 Å². The molecule has 0 unspecified atom stereocenters. The average molecular weight is 1020 g/mol. The van der Waals surface area contributed by atoms with Gasteiger partial charge in [0.05, 0.1) is 49.0 Å². The number of hydrogen-bond donors (Lipinski definition) is 2. The molecule has 382 valence electrons. The summed E-state index contributed by atoms with van der Waals surface area (Å²) in [5.74, 6) is -2.45. The first-order valence-corrected chi connectivity index (χ1v) is 24.2. The molecule has 0 bridgehead atoms. The van der Waals surface area contributed by atoms with Crippen LogP contribution in [0.3, 0.4) is 0 Å². The molecule has 6 aromatic rings. The van der Waals surface area contributed by atoms with E-state index in [1.165, 1.54) is 12.1 Å². The molecule has 4 aromatic heterocycles. The van der Waals surface area contributed by atoms with E-state index in [0.29, 0.717) is 60.1 Å². The normalized spacial score (nSPS) is 16.3. The number of hydrogen-bond acceptors (Lipinski definition) is 13. The fourth-order valence-corrected chi connectivity index (χ4v) is 9.70. The molecule has 0 aliphatic carbocycles. The fraction of sp³-hybridized carbons (Fsp3) is 0.423. The number of fused-ring (bicyclic) bond motifs is 2. The van der Waals surface area contributed by atoms with Crippen LogP contribution in [0.15, 0.2) is 60.9 Å². The van der Waals surface area contributed by atoms with E-state index in [2.05, 4.69) is 52.5 Å². The zero-order valence-electron chi connectivity index (χ0n) is 40.8. The average Bonchev–Trinajstić information content (AvgIpc) is 3.35. The molecule has 0 saturated carbocycles. The van der Waals surface area contributed by atoms with Crippen LogP contribution >= 0.6 is 12.4 Å². The molecular weight excluding hydrogens is 960 g/mol. The Bertz CT molecular complexity index is 2890. The third-order valence-electron chi connectivity index (χ3n) is 13.5. The largest absolute Gasteiger partial charge is 0.486 e. The first kappa shape index (κ1) is 52.0. The summed E-state index contributed by atoms with van der Waals surface area (Å²) in [6.07, 6.45) is 5.70. The highest BCUT2D eigenvalue weighted by Crippen LogP contribution is 2.41. The molecule has 2 aromatic carbocycles. The molecule has 2 N–H and O–H groups in total. The zero-order valence-corrected chi connectivity index (χ0v) is 41.6. The highest BCUT2D eigenvalue weighted by atomic mass is 35.5. The summed E-state index contributed by atoms with van der Waals surface area (Å²) in [5.41, 5.74) is 3.24. The minimum Gasteiger partial charge on any atom is -0.486 e. The maximum Gasteiger partial charge on any atom is 0.229 e. The van der Waals surface area contributed by atoms with E-state index in [0.717, 1.165) is 64.3 Å². The molecule has 72 heavy (non-hydrogen) atoms. The Morgan fingerprint density at radius 3 is 1.71 bits per heavy atom. The van der Waals surface area contributed by atoms with Crippen LogP contribution in [0.5, 0.6) is 11.5 Å². The van der Waals surface area contributed by atoms with Gasteiger partial charge in [-0.05, 0) is 135 Å². The van der Waals surface area contributed by atoms with Crippen LogP contribution in [-0.2, 0) is 6.42 Å². The van der Waals surface area contributed by atoms with Crippen molar-refractivity contribution in [2.75, 3.05) is 74.6 Å². The number of anilines is 4. The van der Waals surface area contributed by atoms with Gasteiger partial charge >= 0.3 is 0 Å². The van der Waals surface area contributed by atoms with Gasteiger partial charge in [-0.25, -0.2) is 47.5 Å². The van der Waals surface area contributed by atoms with Gasteiger partial charge in [0.1, 0.15) is 36.2 Å². The molecule has 2 saturated heterocycles. The third-order valence-corrected chi connectivity index (χ3v) is 13.5. The Kier molecular flexibility index (Phi) is 16.4. The van der Waals surface area contributed by atoms with Crippen LogP contribution in [0, 0.1) is 35.2 Å². The fourth-order valence-electron chi connectivity index (χ4n) is 9.70. The van der Waals surface area contributed by atoms with Crippen LogP contribution in [0.4, 0.5) is 49.5 Å². The first-order chi connectivity index (χ1) is 34.2. The van der Waals surface area contributed by atoms with Gasteiger partial charge in [0.15, 0.2) is 34.8 Å². The van der Waals surface area contributed by atoms with E-state index in [1.807, 2.05) is 37.5 Å². The quantitative estimate of drug-likeness (QED) is 0.0999. The topological polar surface area (TPSA) is 130 Å². The minimum atomic E-state index is -0.705. The van der Waals surface area contributed by atoms with Crippen LogP contribution in [0.1, 0.15) is 87.9 Å². The smallest absolute Gasteiger partial charge is 0.229 e. The highest BCUT2D eigenvalue weighted by molar-refractivity contribution is 5.85. The molecule has 0 atom stereocenters. The Hall–Kier alpha value is -6.31. The van der Waals surface area contributed by atoms with Gasteiger partial charge < -0.3 is 34.8 Å². The molecule has 20 heteroatoms. The molecule has 4 aliphatic heterocycles. The van der Waals surface area contributed by atoms with Gasteiger partial charge in [-0.1, -0.05) is 12.1 Å². The van der Waals surface area contributed by atoms with Crippen molar-refractivity contribution in [2.45, 2.75) is 83.7 Å². The van der Waals surface area contributed by atoms with E-state index in [4.69, 9.17) is 9.47 Å². The van der Waals surface area contributed by atoms with Gasteiger partial charge in [0, 0.05) is 34.3 Å². The van der Waals surface area contributed by atoms with Crippen LogP contribution in [0.25, 0.3) is 22.5 Å². The first-order valence-electron chi connectivity index (χ1n) is 24.2. The number of nitrogens with zero attached hydrogens (tertiary/aromatic N) is 9. The Morgan fingerprint density at radius 2 is 1.15 bits per heavy atom. The number of rotatable bonds is 10. The molecule has 0 radical (unpaired) electrons. The number of aromatic nitrogens is 6. The molecule has 4 aliphatic rings. The third kappa shape index (κ3) is 11.5. The van der Waals surface area contributed by atoms with Crippen molar-refractivity contribution in [1.82, 2.24) is 40.1 Å². The van der Waals surface area contributed by atoms with E-state index in [9.17, 15) is 26.3 Å². The second kappa shape index (κ2) is 22.6. The summed E-state index contributed by atoms with van der Waals surface area (Å²) in [7, 11) is 2.07. The van der Waals surface area contributed by atoms with Crippen molar-refractivity contribution in [2.24, 2.45) is 0 Å². The number of halogens is 7. The lowest BCUT2D eigenvalue weighted by Gasteiger charge is -2.34. The number of pyridine rings is 2. The van der Waals surface area contributed by atoms with E-state index in [-0.39, 0.29) is 88.8 Å². The Balaban J connectivity index is 0.000000190. The molecule has 0 amide bonds. The molecular formula is C52H58ClF6N11O2. The maximum absolute atomic E-state index is 14.9. The van der Waals surface area contributed by atoms with Crippen molar-refractivity contribution in [3.63, 3.8) is 0 Å². The van der Waals surface area contributed by atoms with Crippen molar-refractivity contribution in [3.05, 3.63) is 119 Å². The summed E-state index contributed by atoms with van der Waals surface area (Å²) in [6, 6.07) is 12.9. The predicted molar refractivity (Wildman–Crippen MR) is 267 cm³/mol. The minimum absolute atomic E-state index is 0. The van der Waals surface area contributed by atoms with E-state index in [1.54, 1.807) is 36.4 Å². The molecule has 13 nitrogen and oxygen atoms in total. The molecule has 10 rings (SSSR count). The Morgan fingerprint density at radius 1 is 0.625 bits per heavy atom. The summed E-state index contributed by atoms with van der Waals surface area (Å²) < 4.78 is 100.0. The second-order valence-corrected chi connectivity index (χ2v) is 18.9. The van der Waals surface area contributed by atoms with Crippen LogP contribution in [0.2, 0.25) is 0 Å². The van der Waals surface area contributed by atoms with Crippen molar-refractivity contribution >= 4 is 35.5 Å². The lowest BCUT2D eigenvalue weighted by atomic mass is 9.90. The number of piperidine rings is 2. The van der Waals surface area contributed by atoms with Crippen LogP contribution < -0.4 is 29.9 Å². The van der Waals surface area contributed by atoms with Gasteiger partial charge in [-0.3, -0.25) is 0 Å². The summed E-state index contributed by atoms with van der Waals surface area (Å²) in [6.45, 7) is 13.5. The summed E-state index contributed by atoms with van der Waals surface area (Å²) >= 11 is 0. The summed E-state index contributed by atoms with van der Waals surface area (Å²) in [4.78, 5) is 31.1. The molecule has 8 heterocycles. The van der Waals surface area contributed by atoms with E-state index >= 15 is 0 Å². The highest BCUT2D eigenvalue weighted by Gasteiger charge is 2.29. The van der Waals surface area contributed by atoms with Crippen molar-refractivity contribution < 1.29 is 35.8 Å². The molecule has 2 fully saturated rings. The number of nitrogens with one attached hydrogen (secondary N) is 2. The standard InChI is InChI=1S/C27H30F3N5O.C25H27F3N6O.ClH/c1-16(2)35-10-11-36-26-21(28)12-18(13-23(26)35)25-22(29)15-31-24(33-25)14-19-4-5-20(27(30)32-19)17-6-8-34(3)9-7-17;1-14(2)34-9-10-35-23-18(26)11-16(12-20(23)34)22-19(27)13-30-25(33-22)32-21-4-3-17(24(28)31-21)15-5-7-29-8-6-15;/h4-5,12-13,15-17H,6-11,14H2,1-3H3;3-4,11-15,29H,5-10H2,1-2H3,(H,30,31,32,33);1H. The van der Waals surface area contributed by atoms with Gasteiger partial charge in [0.2, 0.25) is 17.8 Å². The molecule has 0 spiro atoms. The van der Waals surface area contributed by atoms with Crippen molar-refractivity contribution in [1.29, 1.82) is 0 Å². The number of ether oxygens (including phenoxy) is 2. The Labute approximate surface area is 421 Å². The number of benzene rings is 2. The van der Waals surface area contributed by atoms with Gasteiger partial charge in [-0.15, -0.1) is 12.4 Å². The zero-order chi connectivity index (χ0) is 49.9. The second-order valence-electron chi connectivity index (χ2n) is 18.9.